The van der Waals surface area contributed by atoms with Crippen LogP contribution in [0.15, 0.2) is 53.4 Å². The standard InChI is InChI=1S/C13H11ClINO2S/c14-11-6-7-13(12(15)8-11)19(17,18)16-9-10-4-2-1-3-5-10/h1-8,16H,9H2. The van der Waals surface area contributed by atoms with E-state index in [1.807, 2.05) is 52.9 Å². The highest BCUT2D eigenvalue weighted by Crippen LogP contribution is 2.22. The first-order chi connectivity index (χ1) is 8.99. The van der Waals surface area contributed by atoms with Gasteiger partial charge >= 0.3 is 0 Å². The summed E-state index contributed by atoms with van der Waals surface area (Å²) in [4.78, 5) is 0.244. The monoisotopic (exact) mass is 407 g/mol. The highest BCUT2D eigenvalue weighted by molar-refractivity contribution is 14.1. The molecule has 0 saturated carbocycles. The van der Waals surface area contributed by atoms with Crippen LogP contribution in [-0.2, 0) is 16.6 Å². The summed E-state index contributed by atoms with van der Waals surface area (Å²) < 4.78 is 27.5. The lowest BCUT2D eigenvalue weighted by Gasteiger charge is -2.08. The smallest absolute Gasteiger partial charge is 0.207 e. The van der Waals surface area contributed by atoms with Gasteiger partial charge in [-0.1, -0.05) is 41.9 Å². The summed E-state index contributed by atoms with van der Waals surface area (Å²) in [6.07, 6.45) is 0. The maximum atomic E-state index is 12.2. The molecular weight excluding hydrogens is 397 g/mol. The Hall–Kier alpha value is -0.630. The first-order valence-corrected chi connectivity index (χ1v) is 8.42. The Bertz CT molecular complexity index is 674. The van der Waals surface area contributed by atoms with E-state index < -0.39 is 10.0 Å². The van der Waals surface area contributed by atoms with Crippen LogP contribution >= 0.6 is 34.2 Å². The number of benzene rings is 2. The molecule has 0 radical (unpaired) electrons. The van der Waals surface area contributed by atoms with E-state index in [1.54, 1.807) is 12.1 Å². The molecule has 0 heterocycles. The number of nitrogens with one attached hydrogen (secondary N) is 1. The summed E-state index contributed by atoms with van der Waals surface area (Å²) in [5.74, 6) is 0. The van der Waals surface area contributed by atoms with Gasteiger partial charge in [-0.2, -0.15) is 0 Å². The van der Waals surface area contributed by atoms with Crippen molar-refractivity contribution in [3.05, 3.63) is 62.7 Å². The summed E-state index contributed by atoms with van der Waals surface area (Å²) in [5, 5.41) is 0.520. The molecule has 2 aromatic carbocycles. The first-order valence-electron chi connectivity index (χ1n) is 5.48. The normalized spacial score (nSPS) is 11.5. The number of rotatable bonds is 4. The van der Waals surface area contributed by atoms with Crippen LogP contribution in [0.2, 0.25) is 5.02 Å². The SMILES string of the molecule is O=S(=O)(NCc1ccccc1)c1ccc(Cl)cc1I. The largest absolute Gasteiger partial charge is 0.241 e. The first kappa shape index (κ1) is 14.8. The van der Waals surface area contributed by atoms with E-state index in [1.165, 1.54) is 6.07 Å². The quantitative estimate of drug-likeness (QED) is 0.790. The zero-order valence-corrected chi connectivity index (χ0v) is 13.5. The summed E-state index contributed by atoms with van der Waals surface area (Å²) in [7, 11) is -3.52. The van der Waals surface area contributed by atoms with Crippen molar-refractivity contribution in [2.75, 3.05) is 0 Å². The molecule has 6 heteroatoms. The molecule has 2 rings (SSSR count). The van der Waals surface area contributed by atoms with Crippen molar-refractivity contribution in [2.45, 2.75) is 11.4 Å². The molecule has 2 aromatic rings. The Balaban J connectivity index is 2.19. The van der Waals surface area contributed by atoms with Crippen molar-refractivity contribution in [3.8, 4) is 0 Å². The van der Waals surface area contributed by atoms with Crippen molar-refractivity contribution < 1.29 is 8.42 Å². The van der Waals surface area contributed by atoms with Gasteiger partial charge in [0.05, 0.1) is 4.90 Å². The molecule has 0 atom stereocenters. The fourth-order valence-electron chi connectivity index (χ4n) is 1.55. The maximum Gasteiger partial charge on any atom is 0.241 e. The van der Waals surface area contributed by atoms with Crippen molar-refractivity contribution in [1.82, 2.24) is 4.72 Å². The molecule has 0 unspecified atom stereocenters. The number of hydrogen-bond acceptors (Lipinski definition) is 2. The molecule has 0 aliphatic rings. The zero-order chi connectivity index (χ0) is 13.9. The van der Waals surface area contributed by atoms with Gasteiger partial charge in [0.15, 0.2) is 0 Å². The van der Waals surface area contributed by atoms with Gasteiger partial charge in [-0.3, -0.25) is 0 Å². The Morgan fingerprint density at radius 1 is 1.11 bits per heavy atom. The third kappa shape index (κ3) is 3.92. The molecule has 0 bridgehead atoms. The predicted octanol–water partition coefficient (Wildman–Crippen LogP) is 3.42. The van der Waals surface area contributed by atoms with Gasteiger partial charge in [-0.15, -0.1) is 0 Å². The topological polar surface area (TPSA) is 46.2 Å². The Labute approximate surface area is 131 Å². The second-order valence-corrected chi connectivity index (χ2v) is 7.22. The van der Waals surface area contributed by atoms with Gasteiger partial charge in [0.25, 0.3) is 0 Å². The summed E-state index contributed by atoms with van der Waals surface area (Å²) >= 11 is 7.78. The van der Waals surface area contributed by atoms with Gasteiger partial charge in [0, 0.05) is 15.1 Å². The van der Waals surface area contributed by atoms with Crippen LogP contribution in [0.25, 0.3) is 0 Å². The van der Waals surface area contributed by atoms with E-state index in [9.17, 15) is 8.42 Å². The highest BCUT2D eigenvalue weighted by atomic mass is 127. The van der Waals surface area contributed by atoms with Gasteiger partial charge < -0.3 is 0 Å². The van der Waals surface area contributed by atoms with Crippen LogP contribution in [0.4, 0.5) is 0 Å². The molecular formula is C13H11ClINO2S. The molecule has 100 valence electrons. The van der Waals surface area contributed by atoms with Crippen LogP contribution in [0.5, 0.6) is 0 Å². The van der Waals surface area contributed by atoms with Crippen molar-refractivity contribution in [3.63, 3.8) is 0 Å². The molecule has 0 aliphatic carbocycles. The third-order valence-corrected chi connectivity index (χ3v) is 5.45. The van der Waals surface area contributed by atoms with Gasteiger partial charge in [0.2, 0.25) is 10.0 Å². The van der Waals surface area contributed by atoms with Gasteiger partial charge in [-0.25, -0.2) is 13.1 Å². The van der Waals surface area contributed by atoms with E-state index in [-0.39, 0.29) is 11.4 Å². The fraction of sp³-hybridized carbons (Fsp3) is 0.0769. The molecule has 0 aromatic heterocycles. The van der Waals surface area contributed by atoms with Gasteiger partial charge in [-0.05, 0) is 46.4 Å². The molecule has 0 aliphatic heterocycles. The van der Waals surface area contributed by atoms with Crippen molar-refractivity contribution in [2.24, 2.45) is 0 Å². The fourth-order valence-corrected chi connectivity index (χ4v) is 4.36. The van der Waals surface area contributed by atoms with Crippen LogP contribution in [0, 0.1) is 3.57 Å². The minimum atomic E-state index is -3.52. The Morgan fingerprint density at radius 3 is 2.42 bits per heavy atom. The predicted molar refractivity (Wildman–Crippen MR) is 84.6 cm³/mol. The van der Waals surface area contributed by atoms with E-state index in [0.29, 0.717) is 8.59 Å². The average molecular weight is 408 g/mol. The molecule has 0 fully saturated rings. The number of sulfonamides is 1. The lowest BCUT2D eigenvalue weighted by Crippen LogP contribution is -2.24. The highest BCUT2D eigenvalue weighted by Gasteiger charge is 2.17. The van der Waals surface area contributed by atoms with Crippen molar-refractivity contribution in [1.29, 1.82) is 0 Å². The average Bonchev–Trinajstić information content (AvgIpc) is 2.37. The zero-order valence-electron chi connectivity index (χ0n) is 9.81. The van der Waals surface area contributed by atoms with Crippen LogP contribution in [0.3, 0.4) is 0 Å². The molecule has 0 saturated heterocycles. The summed E-state index contributed by atoms with van der Waals surface area (Å²) in [5.41, 5.74) is 0.912. The maximum absolute atomic E-state index is 12.2. The summed E-state index contributed by atoms with van der Waals surface area (Å²) in [6.45, 7) is 0.266. The van der Waals surface area contributed by atoms with Crippen LogP contribution in [0.1, 0.15) is 5.56 Å². The molecule has 0 amide bonds. The number of hydrogen-bond donors (Lipinski definition) is 1. The van der Waals surface area contributed by atoms with E-state index in [0.717, 1.165) is 5.56 Å². The minimum Gasteiger partial charge on any atom is -0.207 e. The van der Waals surface area contributed by atoms with Crippen molar-refractivity contribution >= 4 is 44.2 Å². The molecule has 0 spiro atoms. The second kappa shape index (κ2) is 6.21. The Kier molecular flexibility index (Phi) is 4.83. The minimum absolute atomic E-state index is 0.244. The summed E-state index contributed by atoms with van der Waals surface area (Å²) in [6, 6.07) is 14.1. The van der Waals surface area contributed by atoms with E-state index in [2.05, 4.69) is 4.72 Å². The Morgan fingerprint density at radius 2 is 1.79 bits per heavy atom. The lowest BCUT2D eigenvalue weighted by molar-refractivity contribution is 0.581. The molecule has 19 heavy (non-hydrogen) atoms. The van der Waals surface area contributed by atoms with E-state index >= 15 is 0 Å². The molecule has 1 N–H and O–H groups in total. The van der Waals surface area contributed by atoms with E-state index in [4.69, 9.17) is 11.6 Å². The van der Waals surface area contributed by atoms with Gasteiger partial charge in [0.1, 0.15) is 0 Å². The third-order valence-electron chi connectivity index (χ3n) is 2.49. The second-order valence-electron chi connectivity index (χ2n) is 3.88. The van der Waals surface area contributed by atoms with Crippen LogP contribution < -0.4 is 4.72 Å². The number of halogens is 2. The molecule has 3 nitrogen and oxygen atoms in total. The lowest BCUT2D eigenvalue weighted by atomic mass is 10.2. The van der Waals surface area contributed by atoms with Crippen LogP contribution in [-0.4, -0.2) is 8.42 Å².